The third-order valence-electron chi connectivity index (χ3n) is 5.09. The number of rotatable bonds is 5. The van der Waals surface area contributed by atoms with Crippen LogP contribution in [0.5, 0.6) is 0 Å². The van der Waals surface area contributed by atoms with Crippen LogP contribution in [0.15, 0.2) is 60.7 Å². The first-order valence-electron chi connectivity index (χ1n) is 9.95. The summed E-state index contributed by atoms with van der Waals surface area (Å²) in [6, 6.07) is 21.2. The lowest BCUT2D eigenvalue weighted by atomic mass is 9.88. The Kier molecular flexibility index (Phi) is 6.37. The molecule has 3 rings (SSSR count). The third kappa shape index (κ3) is 6.24. The largest absolute Gasteiger partial charge is 0.357 e. The van der Waals surface area contributed by atoms with Crippen molar-refractivity contribution in [3.8, 4) is 11.8 Å². The fourth-order valence-electron chi connectivity index (χ4n) is 3.84. The molecule has 1 aliphatic rings. The lowest BCUT2D eigenvalue weighted by Crippen LogP contribution is -2.42. The molecule has 0 amide bonds. The smallest absolute Gasteiger partial charge is 0.126 e. The van der Waals surface area contributed by atoms with Gasteiger partial charge in [0.25, 0.3) is 0 Å². The summed E-state index contributed by atoms with van der Waals surface area (Å²) in [4.78, 5) is 2.40. The molecule has 0 aliphatic carbocycles. The minimum Gasteiger partial charge on any atom is -0.357 e. The van der Waals surface area contributed by atoms with Crippen molar-refractivity contribution in [2.75, 3.05) is 6.54 Å². The molecule has 0 N–H and O–H groups in total. The highest BCUT2D eigenvalue weighted by Crippen LogP contribution is 2.34. The molecule has 0 aromatic heterocycles. The van der Waals surface area contributed by atoms with E-state index in [9.17, 15) is 0 Å². The number of hydrogen-bond donors (Lipinski definition) is 0. The Morgan fingerprint density at radius 3 is 1.93 bits per heavy atom. The van der Waals surface area contributed by atoms with Gasteiger partial charge in [0.1, 0.15) is 5.60 Å². The molecule has 1 aliphatic heterocycles. The van der Waals surface area contributed by atoms with E-state index in [1.54, 1.807) is 0 Å². The van der Waals surface area contributed by atoms with Crippen molar-refractivity contribution in [3.63, 3.8) is 0 Å². The lowest BCUT2D eigenvalue weighted by molar-refractivity contribution is -0.135. The topological polar surface area (TPSA) is 12.5 Å². The maximum Gasteiger partial charge on any atom is 0.126 e. The molecule has 0 spiro atoms. The van der Waals surface area contributed by atoms with Crippen LogP contribution in [0.2, 0.25) is 0 Å². The minimum absolute atomic E-state index is 0.0740. The van der Waals surface area contributed by atoms with E-state index in [2.05, 4.69) is 98.2 Å². The molecule has 0 unspecified atom stereocenters. The average molecular weight is 362 g/mol. The van der Waals surface area contributed by atoms with Gasteiger partial charge in [-0.3, -0.25) is 4.90 Å². The quantitative estimate of drug-likeness (QED) is 0.658. The van der Waals surface area contributed by atoms with Crippen LogP contribution in [0.4, 0.5) is 0 Å². The lowest BCUT2D eigenvalue weighted by Gasteiger charge is -2.40. The molecule has 2 nitrogen and oxygen atoms in total. The fourth-order valence-corrected chi connectivity index (χ4v) is 3.84. The van der Waals surface area contributed by atoms with E-state index in [4.69, 9.17) is 4.74 Å². The van der Waals surface area contributed by atoms with Gasteiger partial charge in [0.2, 0.25) is 0 Å². The van der Waals surface area contributed by atoms with Gasteiger partial charge in [-0.2, -0.15) is 0 Å². The zero-order valence-electron chi connectivity index (χ0n) is 16.9. The number of hydrogen-bond acceptors (Lipinski definition) is 2. The van der Waals surface area contributed by atoms with Crippen LogP contribution in [-0.4, -0.2) is 22.6 Å². The van der Waals surface area contributed by atoms with Gasteiger partial charge >= 0.3 is 0 Å². The summed E-state index contributed by atoms with van der Waals surface area (Å²) >= 11 is 0. The maximum atomic E-state index is 6.29. The first kappa shape index (κ1) is 19.7. The van der Waals surface area contributed by atoms with E-state index in [0.29, 0.717) is 0 Å². The first-order chi connectivity index (χ1) is 12.9. The van der Waals surface area contributed by atoms with Crippen molar-refractivity contribution in [1.29, 1.82) is 0 Å². The summed E-state index contributed by atoms with van der Waals surface area (Å²) in [5, 5.41) is 0. The predicted octanol–water partition coefficient (Wildman–Crippen LogP) is 5.43. The second-order valence-electron chi connectivity index (χ2n) is 8.36. The summed E-state index contributed by atoms with van der Waals surface area (Å²) in [5.41, 5.74) is 2.23. The van der Waals surface area contributed by atoms with Crippen molar-refractivity contribution in [2.45, 2.75) is 64.3 Å². The van der Waals surface area contributed by atoms with Gasteiger partial charge in [-0.1, -0.05) is 72.5 Å². The summed E-state index contributed by atoms with van der Waals surface area (Å²) in [5.74, 6) is 6.87. The van der Waals surface area contributed by atoms with Crippen molar-refractivity contribution < 1.29 is 4.74 Å². The first-order valence-corrected chi connectivity index (χ1v) is 9.95. The molecule has 2 aromatic carbocycles. The molecule has 0 saturated carbocycles. The van der Waals surface area contributed by atoms with E-state index in [1.807, 2.05) is 0 Å². The third-order valence-corrected chi connectivity index (χ3v) is 5.09. The molecule has 142 valence electrons. The van der Waals surface area contributed by atoms with Crippen molar-refractivity contribution in [1.82, 2.24) is 4.90 Å². The van der Waals surface area contributed by atoms with Crippen LogP contribution in [0, 0.1) is 11.8 Å². The van der Waals surface area contributed by atoms with Crippen LogP contribution < -0.4 is 0 Å². The van der Waals surface area contributed by atoms with Gasteiger partial charge in [0.05, 0.1) is 12.1 Å². The molecule has 1 heterocycles. The Hall–Kier alpha value is -2.08. The highest BCUT2D eigenvalue weighted by Gasteiger charge is 2.35. The summed E-state index contributed by atoms with van der Waals surface area (Å²) < 4.78 is 6.29. The Morgan fingerprint density at radius 2 is 1.41 bits per heavy atom. The van der Waals surface area contributed by atoms with E-state index in [1.165, 1.54) is 17.5 Å². The Bertz CT molecular complexity index is 731. The summed E-state index contributed by atoms with van der Waals surface area (Å²) in [6.45, 7) is 9.01. The maximum absolute atomic E-state index is 6.29. The van der Waals surface area contributed by atoms with E-state index in [0.717, 1.165) is 32.5 Å². The number of ether oxygens (including phenoxy) is 1. The van der Waals surface area contributed by atoms with Gasteiger partial charge in [-0.25, -0.2) is 0 Å². The second-order valence-corrected chi connectivity index (χ2v) is 8.36. The standard InChI is InChI=1S/C25H31NO/c1-24(2)16-10-17-25(3,27-24)18-11-19-26(20-22-12-6-4-7-13-22)21-23-14-8-5-9-15-23/h4-9,12-15H,10,16-17,19-21H2,1-3H3/t25-/m1/s1. The highest BCUT2D eigenvalue weighted by atomic mass is 16.5. The average Bonchev–Trinajstić information content (AvgIpc) is 2.62. The van der Waals surface area contributed by atoms with Crippen LogP contribution in [-0.2, 0) is 17.8 Å². The minimum atomic E-state index is -0.326. The SMILES string of the molecule is CC1(C)CCC[C@](C)(C#CCN(Cc2ccccc2)Cc2ccccc2)O1. The van der Waals surface area contributed by atoms with Crippen LogP contribution in [0.25, 0.3) is 0 Å². The van der Waals surface area contributed by atoms with E-state index >= 15 is 0 Å². The van der Waals surface area contributed by atoms with Crippen LogP contribution in [0.1, 0.15) is 51.2 Å². The fraction of sp³-hybridized carbons (Fsp3) is 0.440. The Balaban J connectivity index is 1.70. The van der Waals surface area contributed by atoms with Gasteiger partial charge in [0, 0.05) is 13.1 Å². The van der Waals surface area contributed by atoms with Gasteiger partial charge < -0.3 is 4.74 Å². The second kappa shape index (κ2) is 8.74. The Labute approximate surface area is 164 Å². The van der Waals surface area contributed by atoms with Crippen molar-refractivity contribution >= 4 is 0 Å². The predicted molar refractivity (Wildman–Crippen MR) is 112 cm³/mol. The molecular weight excluding hydrogens is 330 g/mol. The van der Waals surface area contributed by atoms with Crippen LogP contribution in [0.3, 0.4) is 0 Å². The molecule has 2 aromatic rings. The zero-order valence-corrected chi connectivity index (χ0v) is 16.9. The molecule has 1 saturated heterocycles. The Morgan fingerprint density at radius 1 is 0.852 bits per heavy atom. The molecule has 27 heavy (non-hydrogen) atoms. The zero-order chi connectivity index (χ0) is 19.2. The van der Waals surface area contributed by atoms with Gasteiger partial charge in [0.15, 0.2) is 0 Å². The van der Waals surface area contributed by atoms with Crippen molar-refractivity contribution in [2.24, 2.45) is 0 Å². The van der Waals surface area contributed by atoms with Crippen LogP contribution >= 0.6 is 0 Å². The molecule has 0 radical (unpaired) electrons. The summed E-state index contributed by atoms with van der Waals surface area (Å²) in [7, 11) is 0. The number of nitrogens with zero attached hydrogens (tertiary/aromatic N) is 1. The van der Waals surface area contributed by atoms with Gasteiger partial charge in [-0.05, 0) is 51.2 Å². The van der Waals surface area contributed by atoms with Crippen molar-refractivity contribution in [3.05, 3.63) is 71.8 Å². The highest BCUT2D eigenvalue weighted by molar-refractivity contribution is 5.19. The van der Waals surface area contributed by atoms with Gasteiger partial charge in [-0.15, -0.1) is 0 Å². The molecule has 1 atom stereocenters. The molecule has 0 bridgehead atoms. The summed E-state index contributed by atoms with van der Waals surface area (Å²) in [6.07, 6.45) is 3.30. The normalized spacial score (nSPS) is 21.5. The number of benzene rings is 2. The van der Waals surface area contributed by atoms with E-state index < -0.39 is 0 Å². The molecular formula is C25H31NO. The van der Waals surface area contributed by atoms with E-state index in [-0.39, 0.29) is 11.2 Å². The molecule has 1 fully saturated rings. The monoisotopic (exact) mass is 361 g/mol. The molecule has 2 heteroatoms.